The Bertz CT molecular complexity index is 1050. The molecule has 10 heteroatoms. The number of benzene rings is 1. The van der Waals surface area contributed by atoms with Crippen molar-refractivity contribution in [2.75, 3.05) is 18.5 Å². The number of aromatic amines is 1. The number of aromatic nitrogens is 2. The standard InChI is InChI=1S/C21H25ClN8O/c1-13-10-18(29-28-13)25-19-17-12-24-30(16-6-8-31-9-7-16)20(17)27-21(23,26-19)11-14-2-4-15(22)5-3-14/h2-5,10,12,16,24H,6-9,11,23H2,1H3,(H2,25,26,28,29). The number of anilines is 1. The summed E-state index contributed by atoms with van der Waals surface area (Å²) in [6.07, 6.45) is 4.19. The molecule has 1 aromatic heterocycles. The number of amidine groups is 2. The normalized spacial score (nSPS) is 23.6. The van der Waals surface area contributed by atoms with Crippen molar-refractivity contribution in [3.05, 3.63) is 58.4 Å². The number of hydrazine groups is 1. The van der Waals surface area contributed by atoms with Crippen LogP contribution in [0, 0.1) is 6.92 Å². The second-order valence-electron chi connectivity index (χ2n) is 8.04. The van der Waals surface area contributed by atoms with Crippen molar-refractivity contribution in [1.82, 2.24) is 20.6 Å². The first-order valence-corrected chi connectivity index (χ1v) is 10.7. The summed E-state index contributed by atoms with van der Waals surface area (Å²) in [4.78, 5) is 9.71. The molecule has 4 heterocycles. The van der Waals surface area contributed by atoms with Crippen LogP contribution in [-0.2, 0) is 11.2 Å². The Morgan fingerprint density at radius 1 is 1.26 bits per heavy atom. The SMILES string of the molecule is Cc1cc(NC2=NC(N)(Cc3ccc(Cl)cc3)N=C3C2=CNN3C2CCOCC2)n[nH]1. The van der Waals surface area contributed by atoms with Crippen molar-refractivity contribution in [2.24, 2.45) is 15.7 Å². The van der Waals surface area contributed by atoms with E-state index >= 15 is 0 Å². The Balaban J connectivity index is 1.49. The van der Waals surface area contributed by atoms with E-state index in [-0.39, 0.29) is 6.04 Å². The Kier molecular flexibility index (Phi) is 5.17. The number of nitrogens with zero attached hydrogens (tertiary/aromatic N) is 4. The number of nitrogens with two attached hydrogens (primary N) is 1. The van der Waals surface area contributed by atoms with Gasteiger partial charge in [-0.3, -0.25) is 15.8 Å². The fraction of sp³-hybridized carbons (Fsp3) is 0.381. The Morgan fingerprint density at radius 2 is 2.03 bits per heavy atom. The fourth-order valence-electron chi connectivity index (χ4n) is 4.04. The number of aryl methyl sites for hydroxylation is 1. The number of aliphatic imine (C=N–C) groups is 2. The Morgan fingerprint density at radius 3 is 2.74 bits per heavy atom. The molecule has 5 rings (SSSR count). The van der Waals surface area contributed by atoms with Crippen LogP contribution < -0.4 is 16.5 Å². The quantitative estimate of drug-likeness (QED) is 0.580. The van der Waals surface area contributed by atoms with Crippen LogP contribution >= 0.6 is 11.6 Å². The van der Waals surface area contributed by atoms with Gasteiger partial charge in [-0.1, -0.05) is 23.7 Å². The van der Waals surface area contributed by atoms with Gasteiger partial charge in [0.25, 0.3) is 0 Å². The summed E-state index contributed by atoms with van der Waals surface area (Å²) in [6.45, 7) is 3.41. The monoisotopic (exact) mass is 440 g/mol. The topological polar surface area (TPSA) is 116 Å². The molecular formula is C21H25ClN8O. The number of hydrogen-bond acceptors (Lipinski definition) is 8. The third-order valence-corrected chi connectivity index (χ3v) is 5.82. The first kappa shape index (κ1) is 20.0. The maximum absolute atomic E-state index is 6.74. The predicted molar refractivity (Wildman–Crippen MR) is 121 cm³/mol. The van der Waals surface area contributed by atoms with E-state index in [1.807, 2.05) is 43.5 Å². The highest BCUT2D eigenvalue weighted by molar-refractivity contribution is 6.30. The van der Waals surface area contributed by atoms with E-state index in [0.717, 1.165) is 48.7 Å². The molecule has 9 nitrogen and oxygen atoms in total. The highest BCUT2D eigenvalue weighted by Gasteiger charge is 2.39. The molecule has 0 radical (unpaired) electrons. The number of fused-ring (bicyclic) bond motifs is 1. The second kappa shape index (κ2) is 7.99. The summed E-state index contributed by atoms with van der Waals surface area (Å²) in [5.74, 6) is 0.934. The first-order valence-electron chi connectivity index (χ1n) is 10.4. The van der Waals surface area contributed by atoms with E-state index in [1.54, 1.807) is 0 Å². The molecular weight excluding hydrogens is 416 g/mol. The Hall–Kier alpha value is -2.88. The molecule has 3 aliphatic heterocycles. The van der Waals surface area contributed by atoms with Crippen molar-refractivity contribution in [1.29, 1.82) is 0 Å². The minimum Gasteiger partial charge on any atom is -0.381 e. The second-order valence-corrected chi connectivity index (χ2v) is 8.48. The van der Waals surface area contributed by atoms with E-state index in [9.17, 15) is 0 Å². The number of hydrogen-bond donors (Lipinski definition) is 4. The van der Waals surface area contributed by atoms with Crippen LogP contribution in [0.15, 0.2) is 52.1 Å². The van der Waals surface area contributed by atoms with Gasteiger partial charge in [-0.05, 0) is 37.5 Å². The summed E-state index contributed by atoms with van der Waals surface area (Å²) in [5.41, 5.74) is 12.9. The zero-order valence-electron chi connectivity index (χ0n) is 17.2. The zero-order chi connectivity index (χ0) is 21.4. The first-order chi connectivity index (χ1) is 15.0. The lowest BCUT2D eigenvalue weighted by atomic mass is 10.0. The van der Waals surface area contributed by atoms with Gasteiger partial charge in [-0.2, -0.15) is 5.10 Å². The van der Waals surface area contributed by atoms with Crippen molar-refractivity contribution < 1.29 is 4.74 Å². The van der Waals surface area contributed by atoms with Crippen molar-refractivity contribution in [3.8, 4) is 0 Å². The van der Waals surface area contributed by atoms with Gasteiger partial charge in [0.2, 0.25) is 5.79 Å². The lowest BCUT2D eigenvalue weighted by Crippen LogP contribution is -2.51. The molecule has 162 valence electrons. The van der Waals surface area contributed by atoms with Gasteiger partial charge in [0.1, 0.15) is 5.84 Å². The summed E-state index contributed by atoms with van der Waals surface area (Å²) < 4.78 is 5.53. The van der Waals surface area contributed by atoms with Crippen LogP contribution in [-0.4, -0.2) is 51.9 Å². The molecule has 0 saturated carbocycles. The third kappa shape index (κ3) is 4.16. The lowest BCUT2D eigenvalue weighted by molar-refractivity contribution is 0.0486. The van der Waals surface area contributed by atoms with Crippen LogP contribution in [0.3, 0.4) is 0 Å². The summed E-state index contributed by atoms with van der Waals surface area (Å²) >= 11 is 6.04. The molecule has 1 atom stereocenters. The molecule has 1 fully saturated rings. The third-order valence-electron chi connectivity index (χ3n) is 5.56. The molecule has 0 amide bonds. The number of halogens is 1. The van der Waals surface area contributed by atoms with Gasteiger partial charge < -0.3 is 15.5 Å². The van der Waals surface area contributed by atoms with E-state index in [4.69, 9.17) is 32.1 Å². The summed E-state index contributed by atoms with van der Waals surface area (Å²) in [7, 11) is 0. The maximum atomic E-state index is 6.74. The van der Waals surface area contributed by atoms with E-state index in [1.165, 1.54) is 0 Å². The number of H-pyrrole nitrogens is 1. The zero-order valence-corrected chi connectivity index (χ0v) is 18.0. The summed E-state index contributed by atoms with van der Waals surface area (Å²) in [5, 5.41) is 13.3. The van der Waals surface area contributed by atoms with Crippen LogP contribution in [0.5, 0.6) is 0 Å². The minimum atomic E-state index is -1.16. The largest absolute Gasteiger partial charge is 0.381 e. The van der Waals surface area contributed by atoms with Gasteiger partial charge in [-0.25, -0.2) is 9.98 Å². The van der Waals surface area contributed by atoms with E-state index in [0.29, 0.717) is 23.1 Å². The van der Waals surface area contributed by atoms with E-state index < -0.39 is 5.79 Å². The molecule has 2 aromatic rings. The van der Waals surface area contributed by atoms with Crippen LogP contribution in [0.1, 0.15) is 24.1 Å². The smallest absolute Gasteiger partial charge is 0.210 e. The molecule has 0 aliphatic carbocycles. The van der Waals surface area contributed by atoms with Crippen molar-refractivity contribution in [3.63, 3.8) is 0 Å². The predicted octanol–water partition coefficient (Wildman–Crippen LogP) is 2.33. The molecule has 5 N–H and O–H groups in total. The van der Waals surface area contributed by atoms with Gasteiger partial charge >= 0.3 is 0 Å². The van der Waals surface area contributed by atoms with E-state index in [2.05, 4.69) is 25.9 Å². The number of nitrogens with one attached hydrogen (secondary N) is 3. The summed E-state index contributed by atoms with van der Waals surface area (Å²) in [6, 6.07) is 9.79. The van der Waals surface area contributed by atoms with Crippen LogP contribution in [0.2, 0.25) is 5.02 Å². The number of rotatable bonds is 4. The lowest BCUT2D eigenvalue weighted by Gasteiger charge is -2.36. The van der Waals surface area contributed by atoms with Crippen LogP contribution in [0.25, 0.3) is 0 Å². The number of ether oxygens (including phenoxy) is 1. The molecule has 1 unspecified atom stereocenters. The van der Waals surface area contributed by atoms with Crippen molar-refractivity contribution in [2.45, 2.75) is 38.0 Å². The van der Waals surface area contributed by atoms with Crippen molar-refractivity contribution >= 4 is 29.1 Å². The minimum absolute atomic E-state index is 0.271. The van der Waals surface area contributed by atoms with Gasteiger partial charge in [-0.15, -0.1) is 0 Å². The Labute approximate surface area is 185 Å². The molecule has 3 aliphatic rings. The molecule has 1 aromatic carbocycles. The molecule has 1 saturated heterocycles. The average molecular weight is 441 g/mol. The average Bonchev–Trinajstić information content (AvgIpc) is 3.36. The van der Waals surface area contributed by atoms with Crippen LogP contribution in [0.4, 0.5) is 5.82 Å². The maximum Gasteiger partial charge on any atom is 0.210 e. The highest BCUT2D eigenvalue weighted by Crippen LogP contribution is 2.29. The fourth-order valence-corrected chi connectivity index (χ4v) is 4.17. The molecule has 0 bridgehead atoms. The van der Waals surface area contributed by atoms with Gasteiger partial charge in [0.15, 0.2) is 11.7 Å². The highest BCUT2D eigenvalue weighted by atomic mass is 35.5. The van der Waals surface area contributed by atoms with Gasteiger partial charge in [0, 0.05) is 42.6 Å². The van der Waals surface area contributed by atoms with Gasteiger partial charge in [0.05, 0.1) is 11.6 Å². The molecule has 31 heavy (non-hydrogen) atoms. The molecule has 0 spiro atoms.